The molecular weight excluding hydrogens is 336 g/mol. The van der Waals surface area contributed by atoms with E-state index >= 15 is 0 Å². The molecule has 134 valence electrons. The minimum Gasteiger partial charge on any atom is -0.508 e. The molecule has 0 bridgehead atoms. The van der Waals surface area contributed by atoms with Crippen molar-refractivity contribution in [2.45, 2.75) is 11.8 Å². The molecule has 0 aliphatic heterocycles. The topological polar surface area (TPSA) is 60.7 Å². The van der Waals surface area contributed by atoms with Crippen molar-refractivity contribution in [2.24, 2.45) is 0 Å². The molecule has 27 heavy (non-hydrogen) atoms. The summed E-state index contributed by atoms with van der Waals surface area (Å²) in [6.07, 6.45) is 7.22. The smallest absolute Gasteiger partial charge is 0.115 e. The van der Waals surface area contributed by atoms with Gasteiger partial charge < -0.3 is 15.3 Å². The number of aromatic hydroxyl groups is 3. The van der Waals surface area contributed by atoms with Crippen LogP contribution in [0.1, 0.15) is 23.1 Å². The Morgan fingerprint density at radius 1 is 0.593 bits per heavy atom. The first-order valence-electron chi connectivity index (χ1n) is 8.85. The second kappa shape index (κ2) is 6.69. The van der Waals surface area contributed by atoms with Gasteiger partial charge in [0, 0.05) is 5.41 Å². The lowest BCUT2D eigenvalue weighted by Crippen LogP contribution is -2.26. The van der Waals surface area contributed by atoms with Gasteiger partial charge in [-0.15, -0.1) is 0 Å². The summed E-state index contributed by atoms with van der Waals surface area (Å²) in [5.41, 5.74) is 3.79. The molecule has 0 fully saturated rings. The highest BCUT2D eigenvalue weighted by molar-refractivity contribution is 5.78. The predicted molar refractivity (Wildman–Crippen MR) is 107 cm³/mol. The minimum atomic E-state index is -0.413. The molecule has 0 heterocycles. The maximum Gasteiger partial charge on any atom is 0.115 e. The number of rotatable bonds is 3. The number of allylic oxidation sites excluding steroid dienone is 4. The third kappa shape index (κ3) is 3.20. The van der Waals surface area contributed by atoms with Crippen molar-refractivity contribution >= 4 is 5.57 Å². The summed E-state index contributed by atoms with van der Waals surface area (Å²) >= 11 is 0. The quantitative estimate of drug-likeness (QED) is 0.609. The fraction of sp³-hybridized carbons (Fsp3) is 0.0833. The zero-order chi connectivity index (χ0) is 18.9. The van der Waals surface area contributed by atoms with Crippen LogP contribution >= 0.6 is 0 Å². The van der Waals surface area contributed by atoms with Gasteiger partial charge in [0.2, 0.25) is 0 Å². The van der Waals surface area contributed by atoms with Gasteiger partial charge in [-0.25, -0.2) is 0 Å². The maximum atomic E-state index is 9.72. The Kier molecular flexibility index (Phi) is 4.21. The molecule has 0 spiro atoms. The number of hydrogen-bond acceptors (Lipinski definition) is 3. The zero-order valence-electron chi connectivity index (χ0n) is 14.7. The van der Waals surface area contributed by atoms with Crippen LogP contribution in [-0.4, -0.2) is 15.3 Å². The first-order valence-corrected chi connectivity index (χ1v) is 8.85. The fourth-order valence-corrected chi connectivity index (χ4v) is 3.66. The van der Waals surface area contributed by atoms with E-state index in [9.17, 15) is 15.3 Å². The summed E-state index contributed by atoms with van der Waals surface area (Å²) < 4.78 is 0. The van der Waals surface area contributed by atoms with Crippen LogP contribution in [0.25, 0.3) is 5.57 Å². The summed E-state index contributed by atoms with van der Waals surface area (Å²) in [7, 11) is 0. The van der Waals surface area contributed by atoms with E-state index in [-0.39, 0.29) is 17.2 Å². The Morgan fingerprint density at radius 3 is 1.52 bits per heavy atom. The molecule has 3 nitrogen and oxygen atoms in total. The van der Waals surface area contributed by atoms with E-state index in [4.69, 9.17) is 0 Å². The summed E-state index contributed by atoms with van der Waals surface area (Å²) in [4.78, 5) is 0. The Morgan fingerprint density at radius 2 is 1.04 bits per heavy atom. The molecule has 3 heteroatoms. The SMILES string of the molecule is Oc1ccc(C2=CC(c3ccc(O)cc3)(c3ccc(O)cc3)CC=C2)cc1. The van der Waals surface area contributed by atoms with E-state index in [1.807, 2.05) is 36.4 Å². The van der Waals surface area contributed by atoms with Crippen LogP contribution in [0.4, 0.5) is 0 Å². The van der Waals surface area contributed by atoms with E-state index in [0.717, 1.165) is 28.7 Å². The number of hydrogen-bond donors (Lipinski definition) is 3. The van der Waals surface area contributed by atoms with E-state index < -0.39 is 5.41 Å². The monoisotopic (exact) mass is 356 g/mol. The van der Waals surface area contributed by atoms with Crippen molar-refractivity contribution in [1.29, 1.82) is 0 Å². The molecule has 0 amide bonds. The largest absolute Gasteiger partial charge is 0.508 e. The fourth-order valence-electron chi connectivity index (χ4n) is 3.66. The highest BCUT2D eigenvalue weighted by Gasteiger charge is 2.33. The molecular formula is C24H20O3. The zero-order valence-corrected chi connectivity index (χ0v) is 14.7. The summed E-state index contributed by atoms with van der Waals surface area (Å²) in [5, 5.41) is 29.0. The third-order valence-electron chi connectivity index (χ3n) is 5.10. The average molecular weight is 356 g/mol. The van der Waals surface area contributed by atoms with Crippen LogP contribution in [-0.2, 0) is 5.41 Å². The van der Waals surface area contributed by atoms with Crippen LogP contribution in [0.15, 0.2) is 91.0 Å². The first kappa shape index (κ1) is 17.0. The Hall–Kier alpha value is -3.46. The second-order valence-electron chi connectivity index (χ2n) is 6.82. The van der Waals surface area contributed by atoms with Crippen LogP contribution in [0.5, 0.6) is 17.2 Å². The molecule has 0 saturated heterocycles. The van der Waals surface area contributed by atoms with Gasteiger partial charge in [-0.1, -0.05) is 54.6 Å². The Bertz CT molecular complexity index is 950. The molecule has 0 radical (unpaired) electrons. The molecule has 0 saturated carbocycles. The number of phenols is 3. The van der Waals surface area contributed by atoms with Crippen LogP contribution in [0.3, 0.4) is 0 Å². The van der Waals surface area contributed by atoms with Crippen LogP contribution in [0.2, 0.25) is 0 Å². The lowest BCUT2D eigenvalue weighted by atomic mass is 9.68. The second-order valence-corrected chi connectivity index (χ2v) is 6.82. The number of benzene rings is 3. The van der Waals surface area contributed by atoms with Crippen molar-refractivity contribution in [2.75, 3.05) is 0 Å². The van der Waals surface area contributed by atoms with Gasteiger partial charge >= 0.3 is 0 Å². The van der Waals surface area contributed by atoms with Crippen molar-refractivity contribution in [3.63, 3.8) is 0 Å². The summed E-state index contributed by atoms with van der Waals surface area (Å²) in [5.74, 6) is 0.699. The van der Waals surface area contributed by atoms with E-state index in [1.54, 1.807) is 36.4 Å². The molecule has 1 aliphatic carbocycles. The van der Waals surface area contributed by atoms with Gasteiger partial charge in [0.1, 0.15) is 17.2 Å². The lowest BCUT2D eigenvalue weighted by Gasteiger charge is -2.34. The highest BCUT2D eigenvalue weighted by Crippen LogP contribution is 2.43. The number of phenolic OH excluding ortho intramolecular Hbond substituents is 3. The Balaban J connectivity index is 1.90. The molecule has 1 aliphatic rings. The molecule has 4 rings (SSSR count). The van der Waals surface area contributed by atoms with Crippen molar-refractivity contribution in [3.05, 3.63) is 108 Å². The molecule has 0 aromatic heterocycles. The van der Waals surface area contributed by atoms with Gasteiger partial charge in [-0.3, -0.25) is 0 Å². The lowest BCUT2D eigenvalue weighted by molar-refractivity contribution is 0.474. The molecule has 0 unspecified atom stereocenters. The molecule has 3 N–H and O–H groups in total. The van der Waals surface area contributed by atoms with Gasteiger partial charge in [0.05, 0.1) is 0 Å². The van der Waals surface area contributed by atoms with Crippen molar-refractivity contribution in [1.82, 2.24) is 0 Å². The van der Waals surface area contributed by atoms with Gasteiger partial charge in [0.25, 0.3) is 0 Å². The molecule has 0 atom stereocenters. The Labute approximate surface area is 158 Å². The van der Waals surface area contributed by atoms with Crippen LogP contribution in [0, 0.1) is 0 Å². The molecule has 3 aromatic carbocycles. The summed E-state index contributed by atoms with van der Waals surface area (Å²) in [6, 6.07) is 21.7. The minimum absolute atomic E-state index is 0.230. The predicted octanol–water partition coefficient (Wildman–Crippen LogP) is 5.13. The summed E-state index contributed by atoms with van der Waals surface area (Å²) in [6.45, 7) is 0. The normalized spacial score (nSPS) is 15.3. The van der Waals surface area contributed by atoms with E-state index in [1.165, 1.54) is 0 Å². The van der Waals surface area contributed by atoms with E-state index in [0.29, 0.717) is 0 Å². The van der Waals surface area contributed by atoms with Crippen LogP contribution < -0.4 is 0 Å². The van der Waals surface area contributed by atoms with Gasteiger partial charge in [-0.2, -0.15) is 0 Å². The van der Waals surface area contributed by atoms with Crippen molar-refractivity contribution < 1.29 is 15.3 Å². The third-order valence-corrected chi connectivity index (χ3v) is 5.10. The standard InChI is InChI=1S/C24H20O3/c25-21-9-3-17(4-10-21)18-2-1-15-24(16-18,19-5-11-22(26)12-6-19)20-7-13-23(27)14-8-20/h1-14,16,25-27H,15H2. The van der Waals surface area contributed by atoms with E-state index in [2.05, 4.69) is 18.2 Å². The first-order chi connectivity index (χ1) is 13.1. The van der Waals surface area contributed by atoms with Gasteiger partial charge in [-0.05, 0) is 65.1 Å². The highest BCUT2D eigenvalue weighted by atomic mass is 16.3. The maximum absolute atomic E-state index is 9.72. The van der Waals surface area contributed by atoms with Crippen molar-refractivity contribution in [3.8, 4) is 17.2 Å². The average Bonchev–Trinajstić information content (AvgIpc) is 2.69. The van der Waals surface area contributed by atoms with Gasteiger partial charge in [0.15, 0.2) is 0 Å². The molecule has 3 aromatic rings.